The van der Waals surface area contributed by atoms with Crippen molar-refractivity contribution in [1.82, 2.24) is 118 Å². The second kappa shape index (κ2) is 15.9. The summed E-state index contributed by atoms with van der Waals surface area (Å²) in [5, 5.41) is 72.1. The highest BCUT2D eigenvalue weighted by atomic mass is 16.5. The molecule has 240 valence electrons. The van der Waals surface area contributed by atoms with Crippen LogP contribution in [0.4, 0.5) is 0 Å². The van der Waals surface area contributed by atoms with Gasteiger partial charge in [0, 0.05) is 26.2 Å². The molecule has 0 aliphatic rings. The summed E-state index contributed by atoms with van der Waals surface area (Å²) >= 11 is 0. The average molecular weight is 634 g/mol. The van der Waals surface area contributed by atoms with Crippen molar-refractivity contribution in [2.24, 2.45) is 0 Å². The van der Waals surface area contributed by atoms with Gasteiger partial charge in [0.25, 0.3) is 0 Å². The van der Waals surface area contributed by atoms with Gasteiger partial charge in [0.2, 0.25) is 0 Å². The molecule has 0 aliphatic heterocycles. The first kappa shape index (κ1) is 30.4. The van der Waals surface area contributed by atoms with Crippen molar-refractivity contribution in [3.8, 4) is 0 Å². The Morgan fingerprint density at radius 3 is 1.59 bits per heavy atom. The van der Waals surface area contributed by atoms with Crippen LogP contribution < -0.4 is 0 Å². The lowest BCUT2D eigenvalue weighted by atomic mass is 10.2. The minimum absolute atomic E-state index is 0.309. The molecule has 0 spiro atoms. The molecule has 6 aromatic rings. The predicted molar refractivity (Wildman–Crippen MR) is 150 cm³/mol. The predicted octanol–water partition coefficient (Wildman–Crippen LogP) is -2.78. The van der Waals surface area contributed by atoms with E-state index in [9.17, 15) is 0 Å². The van der Waals surface area contributed by atoms with Crippen LogP contribution in [0.5, 0.6) is 0 Å². The number of aromatic amines is 5. The number of tetrazole rings is 5. The molecule has 6 rings (SSSR count). The van der Waals surface area contributed by atoms with Gasteiger partial charge in [-0.1, -0.05) is 30.3 Å². The molecule has 1 atom stereocenters. The molecule has 0 fully saturated rings. The van der Waals surface area contributed by atoms with Gasteiger partial charge in [-0.15, -0.1) is 25.5 Å². The Bertz CT molecular complexity index is 1560. The number of H-pyrrole nitrogens is 5. The zero-order chi connectivity index (χ0) is 31.2. The van der Waals surface area contributed by atoms with Gasteiger partial charge in [0.1, 0.15) is 0 Å². The smallest absolute Gasteiger partial charge is 0.168 e. The third kappa shape index (κ3) is 8.97. The number of benzene rings is 1. The molecule has 24 heteroatoms. The lowest BCUT2D eigenvalue weighted by molar-refractivity contribution is 0.0351. The summed E-state index contributed by atoms with van der Waals surface area (Å²) in [6.07, 6.45) is 0. The zero-order valence-electron chi connectivity index (χ0n) is 24.5. The van der Waals surface area contributed by atoms with E-state index in [0.717, 1.165) is 5.56 Å². The molecule has 0 saturated carbocycles. The van der Waals surface area contributed by atoms with Gasteiger partial charge >= 0.3 is 0 Å². The fourth-order valence-corrected chi connectivity index (χ4v) is 4.72. The normalized spacial score (nSPS) is 12.5. The van der Waals surface area contributed by atoms with Crippen LogP contribution >= 0.6 is 0 Å². The van der Waals surface area contributed by atoms with Crippen LogP contribution in [0.3, 0.4) is 0 Å². The minimum Gasteiger partial charge on any atom is -0.375 e. The molecule has 24 nitrogen and oxygen atoms in total. The van der Waals surface area contributed by atoms with Crippen LogP contribution in [0.1, 0.15) is 40.7 Å². The molecule has 0 radical (unpaired) electrons. The van der Waals surface area contributed by atoms with Gasteiger partial charge in [-0.25, -0.2) is 25.5 Å². The number of nitrogens with one attached hydrogen (secondary N) is 5. The van der Waals surface area contributed by atoms with E-state index in [1.54, 1.807) is 0 Å². The summed E-state index contributed by atoms with van der Waals surface area (Å²) in [4.78, 5) is 6.49. The van der Waals surface area contributed by atoms with Crippen LogP contribution in [-0.2, 0) is 37.5 Å². The summed E-state index contributed by atoms with van der Waals surface area (Å²) in [6, 6.07) is 9.61. The Balaban J connectivity index is 1.17. The quantitative estimate of drug-likeness (QED) is 0.0567. The largest absolute Gasteiger partial charge is 0.375 e. The van der Waals surface area contributed by atoms with E-state index < -0.39 is 0 Å². The lowest BCUT2D eigenvalue weighted by Crippen LogP contribution is -2.41. The summed E-state index contributed by atoms with van der Waals surface area (Å²) in [5.74, 6) is 2.99. The van der Waals surface area contributed by atoms with Crippen molar-refractivity contribution in [3.63, 3.8) is 0 Å². The van der Waals surface area contributed by atoms with Crippen LogP contribution in [0, 0.1) is 0 Å². The summed E-state index contributed by atoms with van der Waals surface area (Å²) in [5.41, 5.74) is 1.06. The maximum atomic E-state index is 6.17. The monoisotopic (exact) mass is 633 g/mol. The van der Waals surface area contributed by atoms with E-state index >= 15 is 0 Å². The van der Waals surface area contributed by atoms with E-state index in [4.69, 9.17) is 4.74 Å². The molecular formula is C22H31N23O. The first-order valence-corrected chi connectivity index (χ1v) is 14.2. The molecule has 46 heavy (non-hydrogen) atoms. The Labute approximate surface area is 259 Å². The van der Waals surface area contributed by atoms with Gasteiger partial charge in [-0.05, 0) is 57.7 Å². The molecule has 0 bridgehead atoms. The van der Waals surface area contributed by atoms with E-state index in [2.05, 4.69) is 118 Å². The van der Waals surface area contributed by atoms with E-state index in [0.29, 0.717) is 94.7 Å². The molecule has 5 heterocycles. The molecule has 0 amide bonds. The zero-order valence-corrected chi connectivity index (χ0v) is 24.5. The number of aromatic nitrogens is 20. The van der Waals surface area contributed by atoms with Crippen molar-refractivity contribution >= 4 is 0 Å². The van der Waals surface area contributed by atoms with Crippen molar-refractivity contribution < 1.29 is 4.74 Å². The van der Waals surface area contributed by atoms with Crippen molar-refractivity contribution in [3.05, 3.63) is 65.0 Å². The second-order valence-corrected chi connectivity index (χ2v) is 10.2. The van der Waals surface area contributed by atoms with E-state index in [1.807, 2.05) is 30.3 Å². The number of rotatable bonds is 20. The van der Waals surface area contributed by atoms with E-state index in [-0.39, 0.29) is 6.04 Å². The maximum absolute atomic E-state index is 6.17. The van der Waals surface area contributed by atoms with Crippen LogP contribution in [0.2, 0.25) is 0 Å². The average Bonchev–Trinajstić information content (AvgIpc) is 3.92. The third-order valence-corrected chi connectivity index (χ3v) is 6.97. The minimum atomic E-state index is -0.341. The molecule has 1 unspecified atom stereocenters. The van der Waals surface area contributed by atoms with Gasteiger partial charge in [0.05, 0.1) is 45.4 Å². The SMILES string of the molecule is c1ccc(COCC(c2nnn[nH]2)N(CCN(CCN(Cc2nnn[nH]2)Cc2nnn[nH]2)Cc2nnn[nH]2)Cc2nnn[nH]2)cc1. The fourth-order valence-electron chi connectivity index (χ4n) is 4.72. The second-order valence-electron chi connectivity index (χ2n) is 10.2. The van der Waals surface area contributed by atoms with Crippen molar-refractivity contribution in [2.45, 2.75) is 38.8 Å². The summed E-state index contributed by atoms with van der Waals surface area (Å²) < 4.78 is 6.17. The number of hydrogen-bond acceptors (Lipinski definition) is 19. The third-order valence-electron chi connectivity index (χ3n) is 6.97. The highest BCUT2D eigenvalue weighted by Gasteiger charge is 2.26. The molecule has 0 saturated heterocycles. The van der Waals surface area contributed by atoms with Crippen LogP contribution in [-0.4, -0.2) is 151 Å². The number of hydrogen-bond donors (Lipinski definition) is 5. The van der Waals surface area contributed by atoms with Gasteiger partial charge in [-0.3, -0.25) is 14.7 Å². The molecule has 5 aromatic heterocycles. The Morgan fingerprint density at radius 1 is 0.543 bits per heavy atom. The highest BCUT2D eigenvalue weighted by molar-refractivity contribution is 5.13. The van der Waals surface area contributed by atoms with Crippen LogP contribution in [0.15, 0.2) is 30.3 Å². The molecular weight excluding hydrogens is 602 g/mol. The van der Waals surface area contributed by atoms with Crippen molar-refractivity contribution in [2.75, 3.05) is 32.8 Å². The standard InChI is InChI=1S/C22H31N23O/c1-2-4-16(5-3-1)14-46-15-17(22-31-41-42-32-22)45(13-21-29-39-40-30-21)9-8-43(10-18-23-33-34-24-18)6-7-44(11-19-25-35-36-26-19)12-20-27-37-38-28-20/h1-5,17H,6-15H2,(H,23,24,33,34)(H,25,26,35,36)(H,27,28,37,38)(H,29,30,39,40)(H,31,32,41,42). The van der Waals surface area contributed by atoms with Crippen molar-refractivity contribution in [1.29, 1.82) is 0 Å². The number of ether oxygens (including phenoxy) is 1. The Hall–Kier alpha value is -5.59. The molecule has 5 N–H and O–H groups in total. The summed E-state index contributed by atoms with van der Waals surface area (Å²) in [6.45, 7) is 4.89. The first-order chi connectivity index (χ1) is 22.8. The first-order valence-electron chi connectivity index (χ1n) is 14.2. The van der Waals surface area contributed by atoms with Crippen LogP contribution in [0.25, 0.3) is 0 Å². The van der Waals surface area contributed by atoms with Gasteiger partial charge in [0.15, 0.2) is 29.1 Å². The Kier molecular flexibility index (Phi) is 10.5. The number of nitrogens with zero attached hydrogens (tertiary/aromatic N) is 18. The van der Waals surface area contributed by atoms with Gasteiger partial charge in [-0.2, -0.15) is 0 Å². The lowest BCUT2D eigenvalue weighted by Gasteiger charge is -2.32. The Morgan fingerprint density at radius 2 is 1.04 bits per heavy atom. The van der Waals surface area contributed by atoms with Gasteiger partial charge < -0.3 is 4.74 Å². The molecule has 1 aromatic carbocycles. The van der Waals surface area contributed by atoms with E-state index in [1.165, 1.54) is 0 Å². The topological polar surface area (TPSA) is 291 Å². The molecule has 0 aliphatic carbocycles. The summed E-state index contributed by atoms with van der Waals surface area (Å²) in [7, 11) is 0. The highest BCUT2D eigenvalue weighted by Crippen LogP contribution is 2.20. The fraction of sp³-hybridized carbons (Fsp3) is 0.500. The maximum Gasteiger partial charge on any atom is 0.168 e.